The number of benzene rings is 3. The minimum Gasteiger partial charge on any atom is -0.292 e. The van der Waals surface area contributed by atoms with Gasteiger partial charge in [0.15, 0.2) is 0 Å². The van der Waals surface area contributed by atoms with E-state index >= 15 is 0 Å². The number of rotatable bonds is 0. The molecule has 24 heavy (non-hydrogen) atoms. The first kappa shape index (κ1) is 13.5. The lowest BCUT2D eigenvalue weighted by Crippen LogP contribution is -2.52. The van der Waals surface area contributed by atoms with E-state index < -0.39 is 5.41 Å². The van der Waals surface area contributed by atoms with Crippen molar-refractivity contribution in [1.29, 1.82) is 0 Å². The van der Waals surface area contributed by atoms with Gasteiger partial charge >= 0.3 is 0 Å². The van der Waals surface area contributed by atoms with Crippen molar-refractivity contribution in [2.75, 3.05) is 0 Å². The molecule has 2 amide bonds. The van der Waals surface area contributed by atoms with Crippen LogP contribution in [0.5, 0.6) is 0 Å². The molecule has 2 aliphatic rings. The normalized spacial score (nSPS) is 17.7. The predicted octanol–water partition coefficient (Wildman–Crippen LogP) is 3.15. The van der Waals surface area contributed by atoms with Crippen molar-refractivity contribution in [2.24, 2.45) is 0 Å². The second-order valence-corrected chi connectivity index (χ2v) is 6.73. The van der Waals surface area contributed by atoms with E-state index in [0.29, 0.717) is 18.4 Å². The van der Waals surface area contributed by atoms with Crippen LogP contribution in [0.15, 0.2) is 60.7 Å². The maximum absolute atomic E-state index is 12.8. The summed E-state index contributed by atoms with van der Waals surface area (Å²) >= 11 is 0. The second-order valence-electron chi connectivity index (χ2n) is 6.73. The van der Waals surface area contributed by atoms with E-state index in [1.54, 1.807) is 6.07 Å². The monoisotopic (exact) mass is 313 g/mol. The highest BCUT2D eigenvalue weighted by atomic mass is 16.2. The second kappa shape index (κ2) is 4.54. The van der Waals surface area contributed by atoms with Crippen LogP contribution < -0.4 is 5.32 Å². The molecule has 1 N–H and O–H groups in total. The highest BCUT2D eigenvalue weighted by Crippen LogP contribution is 2.44. The summed E-state index contributed by atoms with van der Waals surface area (Å²) in [6, 6.07) is 20.1. The lowest BCUT2D eigenvalue weighted by atomic mass is 9.72. The van der Waals surface area contributed by atoms with E-state index in [2.05, 4.69) is 29.6 Å². The van der Waals surface area contributed by atoms with Crippen LogP contribution in [0.25, 0.3) is 10.8 Å². The number of imide groups is 1. The molecule has 3 heteroatoms. The molecule has 5 rings (SSSR count). The van der Waals surface area contributed by atoms with Crippen LogP contribution in [0.3, 0.4) is 0 Å². The maximum atomic E-state index is 12.8. The van der Waals surface area contributed by atoms with Crippen molar-refractivity contribution < 1.29 is 9.59 Å². The molecule has 3 nitrogen and oxygen atoms in total. The smallest absolute Gasteiger partial charge is 0.258 e. The molecule has 0 bridgehead atoms. The van der Waals surface area contributed by atoms with Gasteiger partial charge in [-0.1, -0.05) is 54.6 Å². The molecule has 0 radical (unpaired) electrons. The largest absolute Gasteiger partial charge is 0.292 e. The molecule has 1 aliphatic carbocycles. The molecule has 3 aromatic carbocycles. The van der Waals surface area contributed by atoms with Crippen LogP contribution >= 0.6 is 0 Å². The van der Waals surface area contributed by atoms with Gasteiger partial charge in [0.2, 0.25) is 5.91 Å². The first-order chi connectivity index (χ1) is 11.7. The van der Waals surface area contributed by atoms with E-state index in [1.807, 2.05) is 30.3 Å². The minimum atomic E-state index is -0.662. The zero-order valence-corrected chi connectivity index (χ0v) is 13.0. The number of fused-ring (bicyclic) bond motifs is 4. The van der Waals surface area contributed by atoms with Crippen molar-refractivity contribution in [3.05, 3.63) is 82.9 Å². The Labute approximate surface area is 139 Å². The molecule has 1 aliphatic heterocycles. The Hall–Kier alpha value is -2.94. The predicted molar refractivity (Wildman–Crippen MR) is 91.9 cm³/mol. The van der Waals surface area contributed by atoms with Gasteiger partial charge in [0.25, 0.3) is 5.91 Å². The van der Waals surface area contributed by atoms with Crippen LogP contribution in [0.4, 0.5) is 0 Å². The van der Waals surface area contributed by atoms with E-state index in [0.717, 1.165) is 5.56 Å². The van der Waals surface area contributed by atoms with Gasteiger partial charge in [-0.25, -0.2) is 0 Å². The van der Waals surface area contributed by atoms with Gasteiger partial charge < -0.3 is 0 Å². The van der Waals surface area contributed by atoms with E-state index in [4.69, 9.17) is 0 Å². The fraction of sp³-hybridized carbons (Fsp3) is 0.143. The van der Waals surface area contributed by atoms with Gasteiger partial charge in [0.1, 0.15) is 0 Å². The fourth-order valence-corrected chi connectivity index (χ4v) is 4.24. The molecule has 0 saturated heterocycles. The van der Waals surface area contributed by atoms with Crippen LogP contribution in [0.1, 0.15) is 27.0 Å². The zero-order valence-electron chi connectivity index (χ0n) is 13.0. The van der Waals surface area contributed by atoms with E-state index in [-0.39, 0.29) is 11.8 Å². The zero-order chi connectivity index (χ0) is 16.3. The third kappa shape index (κ3) is 1.67. The first-order valence-electron chi connectivity index (χ1n) is 8.13. The van der Waals surface area contributed by atoms with Gasteiger partial charge in [-0.2, -0.15) is 0 Å². The van der Waals surface area contributed by atoms with Crippen LogP contribution in [0.2, 0.25) is 0 Å². The molecule has 116 valence electrons. The Morgan fingerprint density at radius 1 is 0.792 bits per heavy atom. The molecule has 0 fully saturated rings. The summed E-state index contributed by atoms with van der Waals surface area (Å²) in [5.41, 5.74) is 3.22. The standard InChI is InChI=1S/C21H15NO2/c23-19-17-7-3-4-8-18(17)21(20(24)22-19)11-15-9-13-5-1-2-6-14(13)10-16(15)12-21/h1-10H,11-12H2,(H,22,23,24). The van der Waals surface area contributed by atoms with Gasteiger partial charge in [-0.05, 0) is 46.4 Å². The molecule has 0 saturated carbocycles. The number of carbonyl (C=O) groups is 2. The third-order valence-corrected chi connectivity index (χ3v) is 5.40. The van der Waals surface area contributed by atoms with Crippen molar-refractivity contribution in [2.45, 2.75) is 18.3 Å². The highest BCUT2D eigenvalue weighted by Gasteiger charge is 2.50. The van der Waals surface area contributed by atoms with E-state index in [9.17, 15) is 9.59 Å². The summed E-state index contributed by atoms with van der Waals surface area (Å²) in [4.78, 5) is 25.0. The molecule has 0 atom stereocenters. The molecule has 3 aromatic rings. The highest BCUT2D eigenvalue weighted by molar-refractivity contribution is 6.13. The van der Waals surface area contributed by atoms with Gasteiger partial charge in [-0.15, -0.1) is 0 Å². The Morgan fingerprint density at radius 3 is 2.04 bits per heavy atom. The molecular formula is C21H15NO2. The number of carbonyl (C=O) groups excluding carboxylic acids is 2. The Kier molecular flexibility index (Phi) is 2.55. The Morgan fingerprint density at radius 2 is 1.38 bits per heavy atom. The Bertz CT molecular complexity index is 990. The molecule has 0 aromatic heterocycles. The van der Waals surface area contributed by atoms with Crippen LogP contribution in [-0.4, -0.2) is 11.8 Å². The lowest BCUT2D eigenvalue weighted by molar-refractivity contribution is -0.125. The van der Waals surface area contributed by atoms with Crippen molar-refractivity contribution >= 4 is 22.6 Å². The fourth-order valence-electron chi connectivity index (χ4n) is 4.24. The molecule has 1 heterocycles. The quantitative estimate of drug-likeness (QED) is 0.648. The summed E-state index contributed by atoms with van der Waals surface area (Å²) in [5.74, 6) is -0.464. The Balaban J connectivity index is 1.72. The third-order valence-electron chi connectivity index (χ3n) is 5.40. The minimum absolute atomic E-state index is 0.175. The molecule has 0 unspecified atom stereocenters. The summed E-state index contributed by atoms with van der Waals surface area (Å²) in [7, 11) is 0. The lowest BCUT2D eigenvalue weighted by Gasteiger charge is -2.33. The number of nitrogens with one attached hydrogen (secondary N) is 1. The summed E-state index contributed by atoms with van der Waals surface area (Å²) in [6.07, 6.45) is 1.28. The van der Waals surface area contributed by atoms with Crippen molar-refractivity contribution in [3.8, 4) is 0 Å². The van der Waals surface area contributed by atoms with E-state index in [1.165, 1.54) is 21.9 Å². The average Bonchev–Trinajstić information content (AvgIpc) is 2.97. The summed E-state index contributed by atoms with van der Waals surface area (Å²) < 4.78 is 0. The van der Waals surface area contributed by atoms with Crippen molar-refractivity contribution in [1.82, 2.24) is 5.32 Å². The molecular weight excluding hydrogens is 298 g/mol. The van der Waals surface area contributed by atoms with Crippen LogP contribution in [-0.2, 0) is 23.1 Å². The number of amides is 2. The van der Waals surface area contributed by atoms with Gasteiger partial charge in [0, 0.05) is 5.56 Å². The van der Waals surface area contributed by atoms with Crippen LogP contribution in [0, 0.1) is 0 Å². The molecule has 1 spiro atoms. The number of hydrogen-bond donors (Lipinski definition) is 1. The van der Waals surface area contributed by atoms with Gasteiger partial charge in [-0.3, -0.25) is 14.9 Å². The first-order valence-corrected chi connectivity index (χ1v) is 8.13. The number of hydrogen-bond acceptors (Lipinski definition) is 2. The SMILES string of the molecule is O=C1NC(=O)C2(Cc3cc4ccccc4cc3C2)c2ccccc21. The maximum Gasteiger partial charge on any atom is 0.258 e. The summed E-state index contributed by atoms with van der Waals surface area (Å²) in [5, 5.41) is 4.94. The van der Waals surface area contributed by atoms with Gasteiger partial charge in [0.05, 0.1) is 5.41 Å². The summed E-state index contributed by atoms with van der Waals surface area (Å²) in [6.45, 7) is 0. The topological polar surface area (TPSA) is 46.2 Å². The van der Waals surface area contributed by atoms with Crippen molar-refractivity contribution in [3.63, 3.8) is 0 Å². The average molecular weight is 313 g/mol.